The van der Waals surface area contributed by atoms with Gasteiger partial charge in [-0.1, -0.05) is 24.8 Å². The molecule has 4 heterocycles. The first-order valence-electron chi connectivity index (χ1n) is 16.7. The summed E-state index contributed by atoms with van der Waals surface area (Å²) in [5, 5.41) is 10.4. The second-order valence-electron chi connectivity index (χ2n) is 13.0. The van der Waals surface area contributed by atoms with Crippen molar-refractivity contribution in [3.63, 3.8) is 0 Å². The van der Waals surface area contributed by atoms with Gasteiger partial charge in [-0.25, -0.2) is 4.79 Å². The van der Waals surface area contributed by atoms with Gasteiger partial charge in [-0.2, -0.15) is 0 Å². The molecule has 4 aromatic carbocycles. The van der Waals surface area contributed by atoms with Gasteiger partial charge in [0.25, 0.3) is 0 Å². The van der Waals surface area contributed by atoms with Gasteiger partial charge in [-0.05, 0) is 110 Å². The van der Waals surface area contributed by atoms with E-state index in [1.54, 1.807) is 20.3 Å². The standard InChI is InChI=1S/C40H42N2O7/c1-6-37(44)48-33-12-9-25-18-31-30-22-36(34(45-4)21-26(30)13-15-41(31)2)49-40-38-27(20-28(23-43)39(40)46-5)14-16-42(3)32(38)17-24-7-10-29(11-8-24)47-35(33)19-25/h6-12,19-22,31-32,43H,1,13-18,23H2,2-5H3/t31-,32+/m1/s1. The molecule has 1 N–H and O–H groups in total. The number of aliphatic hydroxyl groups excluding tert-OH is 1. The van der Waals surface area contributed by atoms with Gasteiger partial charge in [0, 0.05) is 42.4 Å². The third-order valence-corrected chi connectivity index (χ3v) is 10.1. The molecular formula is C40H42N2O7. The minimum atomic E-state index is -0.552. The lowest BCUT2D eigenvalue weighted by Crippen LogP contribution is -2.34. The number of carbonyl (C=O) groups excluding carboxylic acids is 1. The first kappa shape index (κ1) is 32.7. The van der Waals surface area contributed by atoms with Crippen LogP contribution in [0.25, 0.3) is 0 Å². The zero-order chi connectivity index (χ0) is 34.2. The molecule has 0 saturated heterocycles. The lowest BCUT2D eigenvalue weighted by molar-refractivity contribution is -0.129. The SMILES string of the molecule is C=CC(=O)Oc1ccc2cc1Oc1ccc(cc1)C[C@H]1c3c(cc(CO)c(OC)c3Oc3cc4c(cc3OC)CCN(C)[C@@H]4C2)CCN1C. The second-order valence-corrected chi connectivity index (χ2v) is 13.0. The summed E-state index contributed by atoms with van der Waals surface area (Å²) >= 11 is 0. The molecule has 0 aromatic heterocycles. The van der Waals surface area contributed by atoms with Crippen molar-refractivity contribution in [2.24, 2.45) is 0 Å². The van der Waals surface area contributed by atoms with E-state index in [1.165, 1.54) is 5.56 Å². The van der Waals surface area contributed by atoms with Gasteiger partial charge < -0.3 is 28.8 Å². The van der Waals surface area contributed by atoms with Crippen LogP contribution in [-0.4, -0.2) is 62.3 Å². The van der Waals surface area contributed by atoms with Crippen molar-refractivity contribution in [3.8, 4) is 40.2 Å². The van der Waals surface area contributed by atoms with Crippen molar-refractivity contribution in [1.29, 1.82) is 0 Å². The van der Waals surface area contributed by atoms with Gasteiger partial charge in [0.2, 0.25) is 0 Å². The molecule has 254 valence electrons. The van der Waals surface area contributed by atoms with E-state index in [2.05, 4.69) is 60.8 Å². The minimum Gasteiger partial charge on any atom is -0.493 e. The molecule has 0 fully saturated rings. The van der Waals surface area contributed by atoms with Crippen LogP contribution in [0.1, 0.15) is 51.0 Å². The fraction of sp³-hybridized carbons (Fsp3) is 0.325. The highest BCUT2D eigenvalue weighted by Gasteiger charge is 2.34. The number of fused-ring (bicyclic) bond motifs is 2. The Morgan fingerprint density at radius 3 is 2.27 bits per heavy atom. The normalized spacial score (nSPS) is 18.6. The highest BCUT2D eigenvalue weighted by molar-refractivity contribution is 5.84. The predicted molar refractivity (Wildman–Crippen MR) is 186 cm³/mol. The number of carbonyl (C=O) groups is 1. The molecule has 4 aliphatic heterocycles. The number of esters is 1. The molecule has 49 heavy (non-hydrogen) atoms. The van der Waals surface area contributed by atoms with E-state index in [0.717, 1.165) is 59.8 Å². The molecule has 0 saturated carbocycles. The molecule has 2 atom stereocenters. The number of hydrogen-bond donors (Lipinski definition) is 1. The highest BCUT2D eigenvalue weighted by Crippen LogP contribution is 2.50. The number of hydrogen-bond acceptors (Lipinski definition) is 9. The van der Waals surface area contributed by atoms with Crippen LogP contribution in [-0.2, 0) is 37.1 Å². The third-order valence-electron chi connectivity index (χ3n) is 10.1. The molecule has 9 heteroatoms. The van der Waals surface area contributed by atoms with Gasteiger partial charge in [-0.15, -0.1) is 0 Å². The number of aliphatic hydroxyl groups is 1. The van der Waals surface area contributed by atoms with Crippen LogP contribution >= 0.6 is 0 Å². The third kappa shape index (κ3) is 6.25. The molecule has 6 bridgehead atoms. The van der Waals surface area contributed by atoms with Crippen LogP contribution in [0.15, 0.2) is 73.3 Å². The van der Waals surface area contributed by atoms with Crippen LogP contribution in [0.4, 0.5) is 0 Å². The van der Waals surface area contributed by atoms with E-state index in [4.69, 9.17) is 23.7 Å². The Morgan fingerprint density at radius 2 is 1.55 bits per heavy atom. The van der Waals surface area contributed by atoms with Crippen LogP contribution < -0.4 is 23.7 Å². The van der Waals surface area contributed by atoms with E-state index < -0.39 is 5.97 Å². The van der Waals surface area contributed by atoms with E-state index >= 15 is 0 Å². The Bertz CT molecular complexity index is 1900. The summed E-state index contributed by atoms with van der Waals surface area (Å²) in [5.41, 5.74) is 7.34. The Hall–Kier alpha value is -4.83. The van der Waals surface area contributed by atoms with Crippen molar-refractivity contribution >= 4 is 5.97 Å². The Morgan fingerprint density at radius 1 is 0.857 bits per heavy atom. The van der Waals surface area contributed by atoms with Gasteiger partial charge in [-0.3, -0.25) is 9.80 Å². The molecule has 0 spiro atoms. The molecule has 0 aliphatic carbocycles. The lowest BCUT2D eigenvalue weighted by atomic mass is 9.86. The lowest BCUT2D eigenvalue weighted by Gasteiger charge is -2.37. The predicted octanol–water partition coefficient (Wildman–Crippen LogP) is 6.73. The Labute approximate surface area is 287 Å². The molecular weight excluding hydrogens is 620 g/mol. The number of methoxy groups -OCH3 is 2. The smallest absolute Gasteiger partial charge is 0.335 e. The van der Waals surface area contributed by atoms with Crippen molar-refractivity contribution in [1.82, 2.24) is 9.80 Å². The molecule has 0 amide bonds. The van der Waals surface area contributed by atoms with Gasteiger partial charge in [0.1, 0.15) is 5.75 Å². The zero-order valence-corrected chi connectivity index (χ0v) is 28.5. The summed E-state index contributed by atoms with van der Waals surface area (Å²) in [6, 6.07) is 19.9. The second kappa shape index (κ2) is 13.6. The van der Waals surface area contributed by atoms with Crippen LogP contribution in [0.3, 0.4) is 0 Å². The van der Waals surface area contributed by atoms with E-state index in [1.807, 2.05) is 24.3 Å². The van der Waals surface area contributed by atoms with Crippen molar-refractivity contribution in [2.45, 2.75) is 44.4 Å². The molecule has 8 rings (SSSR count). The molecule has 4 aromatic rings. The maximum Gasteiger partial charge on any atom is 0.335 e. The van der Waals surface area contributed by atoms with E-state index in [-0.39, 0.29) is 18.7 Å². The average molecular weight is 663 g/mol. The van der Waals surface area contributed by atoms with Crippen LogP contribution in [0, 0.1) is 0 Å². The number of likely N-dealkylation sites (N-methyl/N-ethyl adjacent to an activating group) is 2. The van der Waals surface area contributed by atoms with Crippen molar-refractivity contribution in [3.05, 3.63) is 112 Å². The summed E-state index contributed by atoms with van der Waals surface area (Å²) < 4.78 is 30.9. The number of nitrogens with zero attached hydrogens (tertiary/aromatic N) is 2. The number of ether oxygens (including phenoxy) is 5. The summed E-state index contributed by atoms with van der Waals surface area (Å²) in [7, 11) is 7.55. The Balaban J connectivity index is 1.44. The average Bonchev–Trinajstić information content (AvgIpc) is 3.11. The largest absolute Gasteiger partial charge is 0.493 e. The maximum atomic E-state index is 12.2. The molecule has 4 aliphatic rings. The van der Waals surface area contributed by atoms with Gasteiger partial charge in [0.15, 0.2) is 34.5 Å². The topological polar surface area (TPSA) is 89.9 Å². The monoisotopic (exact) mass is 662 g/mol. The minimum absolute atomic E-state index is 0.0167. The quantitative estimate of drug-likeness (QED) is 0.142. The maximum absolute atomic E-state index is 12.2. The fourth-order valence-electron chi connectivity index (χ4n) is 7.42. The van der Waals surface area contributed by atoms with E-state index in [0.29, 0.717) is 58.7 Å². The van der Waals surface area contributed by atoms with Crippen LogP contribution in [0.2, 0.25) is 0 Å². The zero-order valence-electron chi connectivity index (χ0n) is 28.5. The first-order valence-corrected chi connectivity index (χ1v) is 16.7. The summed E-state index contributed by atoms with van der Waals surface area (Å²) in [5.74, 6) is 3.22. The molecule has 0 unspecified atom stereocenters. The van der Waals surface area contributed by atoms with E-state index in [9.17, 15) is 9.90 Å². The van der Waals surface area contributed by atoms with Crippen molar-refractivity contribution in [2.75, 3.05) is 41.4 Å². The number of benzene rings is 4. The van der Waals surface area contributed by atoms with Crippen LogP contribution in [0.5, 0.6) is 40.2 Å². The summed E-state index contributed by atoms with van der Waals surface area (Å²) in [6.45, 7) is 5.11. The van der Waals surface area contributed by atoms with Gasteiger partial charge in [0.05, 0.1) is 20.8 Å². The molecule has 0 radical (unpaired) electrons. The fourth-order valence-corrected chi connectivity index (χ4v) is 7.42. The first-order chi connectivity index (χ1) is 23.8. The van der Waals surface area contributed by atoms with Gasteiger partial charge >= 0.3 is 5.97 Å². The Kier molecular flexibility index (Phi) is 9.07. The summed E-state index contributed by atoms with van der Waals surface area (Å²) in [6.07, 6.45) is 4.20. The summed E-state index contributed by atoms with van der Waals surface area (Å²) in [4.78, 5) is 16.9. The highest BCUT2D eigenvalue weighted by atomic mass is 16.6. The molecule has 9 nitrogen and oxygen atoms in total. The number of rotatable bonds is 5. The van der Waals surface area contributed by atoms with Crippen molar-refractivity contribution < 1.29 is 33.6 Å².